The van der Waals surface area contributed by atoms with Gasteiger partial charge < -0.3 is 4.57 Å². The van der Waals surface area contributed by atoms with Crippen LogP contribution in [0.1, 0.15) is 51.9 Å². The van der Waals surface area contributed by atoms with Crippen LogP contribution in [0.3, 0.4) is 0 Å². The quantitative estimate of drug-likeness (QED) is 0.454. The zero-order valence-electron chi connectivity index (χ0n) is 14.9. The number of benzene rings is 2. The second kappa shape index (κ2) is 8.99. The molecule has 1 unspecified atom stereocenters. The van der Waals surface area contributed by atoms with E-state index in [9.17, 15) is 9.36 Å². The van der Waals surface area contributed by atoms with E-state index < -0.39 is 7.80 Å². The maximum absolute atomic E-state index is 12.5. The van der Waals surface area contributed by atoms with Crippen LogP contribution in [0.5, 0.6) is 0 Å². The summed E-state index contributed by atoms with van der Waals surface area (Å²) in [6, 6.07) is 14.4. The standard InChI is InChI=1S/C21H27O2P/c1-16-14-17(2)20(18(3)15-16)21(22)24(23)13-9-5-8-12-19-10-6-4-7-11-19/h4,6-7,10-11,14-15,24H,5,8-9,12-13H2,1-3H3. The molecule has 0 spiro atoms. The van der Waals surface area contributed by atoms with Gasteiger partial charge in [-0.15, -0.1) is 0 Å². The van der Waals surface area contributed by atoms with Crippen LogP contribution in [0.25, 0.3) is 0 Å². The van der Waals surface area contributed by atoms with Crippen LogP contribution in [0.4, 0.5) is 0 Å². The molecule has 2 rings (SSSR count). The Labute approximate surface area is 146 Å². The zero-order valence-corrected chi connectivity index (χ0v) is 15.9. The molecule has 0 aliphatic rings. The van der Waals surface area contributed by atoms with Crippen molar-refractivity contribution < 1.29 is 9.36 Å². The largest absolute Gasteiger partial charge is 0.318 e. The zero-order chi connectivity index (χ0) is 17.5. The smallest absolute Gasteiger partial charge is 0.219 e. The van der Waals surface area contributed by atoms with Crippen molar-refractivity contribution >= 4 is 13.3 Å². The lowest BCUT2D eigenvalue weighted by Gasteiger charge is -2.10. The summed E-state index contributed by atoms with van der Waals surface area (Å²) in [5.41, 5.74) is 4.90. The molecule has 0 fully saturated rings. The summed E-state index contributed by atoms with van der Waals surface area (Å²) in [6.07, 6.45) is 4.54. The van der Waals surface area contributed by atoms with Crippen molar-refractivity contribution in [2.45, 2.75) is 46.5 Å². The van der Waals surface area contributed by atoms with Crippen LogP contribution >= 0.6 is 7.80 Å². The summed E-state index contributed by atoms with van der Waals surface area (Å²) in [4.78, 5) is 12.5. The van der Waals surface area contributed by atoms with Gasteiger partial charge in [-0.3, -0.25) is 4.79 Å². The van der Waals surface area contributed by atoms with Crippen molar-refractivity contribution in [3.05, 3.63) is 70.3 Å². The Morgan fingerprint density at radius 1 is 0.917 bits per heavy atom. The Morgan fingerprint density at radius 3 is 2.17 bits per heavy atom. The van der Waals surface area contributed by atoms with Gasteiger partial charge in [-0.2, -0.15) is 0 Å². The van der Waals surface area contributed by atoms with Crippen LogP contribution in [-0.2, 0) is 11.0 Å². The van der Waals surface area contributed by atoms with Gasteiger partial charge in [-0.05, 0) is 56.7 Å². The first-order valence-electron chi connectivity index (χ1n) is 8.68. The van der Waals surface area contributed by atoms with E-state index >= 15 is 0 Å². The van der Waals surface area contributed by atoms with E-state index in [1.807, 2.05) is 39.0 Å². The topological polar surface area (TPSA) is 34.1 Å². The molecule has 0 amide bonds. The molecule has 0 saturated carbocycles. The first-order chi connectivity index (χ1) is 11.5. The molecule has 0 aliphatic heterocycles. The van der Waals surface area contributed by atoms with Crippen LogP contribution < -0.4 is 0 Å². The van der Waals surface area contributed by atoms with E-state index in [4.69, 9.17) is 0 Å². The molecule has 0 radical (unpaired) electrons. The maximum atomic E-state index is 12.5. The fraction of sp³-hybridized carbons (Fsp3) is 0.381. The first kappa shape index (κ1) is 18.7. The number of unbranched alkanes of at least 4 members (excludes halogenated alkanes) is 2. The molecule has 1 atom stereocenters. The fourth-order valence-electron chi connectivity index (χ4n) is 3.23. The van der Waals surface area contributed by atoms with Gasteiger partial charge in [-0.1, -0.05) is 54.4 Å². The third-order valence-electron chi connectivity index (χ3n) is 4.37. The number of hydrogen-bond donors (Lipinski definition) is 0. The van der Waals surface area contributed by atoms with Gasteiger partial charge in [0.25, 0.3) is 0 Å². The molecular weight excluding hydrogens is 315 g/mol. The van der Waals surface area contributed by atoms with Gasteiger partial charge in [0.1, 0.15) is 7.80 Å². The highest BCUT2D eigenvalue weighted by molar-refractivity contribution is 7.64. The van der Waals surface area contributed by atoms with Crippen molar-refractivity contribution in [1.29, 1.82) is 0 Å². The molecule has 2 aromatic rings. The second-order valence-corrected chi connectivity index (χ2v) is 8.37. The van der Waals surface area contributed by atoms with Crippen molar-refractivity contribution in [2.24, 2.45) is 0 Å². The minimum Gasteiger partial charge on any atom is -0.318 e. The Morgan fingerprint density at radius 2 is 1.54 bits per heavy atom. The van der Waals surface area contributed by atoms with E-state index in [-0.39, 0.29) is 5.52 Å². The van der Waals surface area contributed by atoms with E-state index in [1.165, 1.54) is 5.56 Å². The molecule has 3 heteroatoms. The molecule has 0 N–H and O–H groups in total. The lowest BCUT2D eigenvalue weighted by Crippen LogP contribution is -2.02. The van der Waals surface area contributed by atoms with E-state index in [2.05, 4.69) is 24.3 Å². The highest BCUT2D eigenvalue weighted by atomic mass is 31.1. The minimum absolute atomic E-state index is 0.141. The second-order valence-electron chi connectivity index (χ2n) is 6.57. The molecule has 2 nitrogen and oxygen atoms in total. The predicted molar refractivity (Wildman–Crippen MR) is 103 cm³/mol. The summed E-state index contributed by atoms with van der Waals surface area (Å²) < 4.78 is 12.4. The van der Waals surface area contributed by atoms with E-state index in [0.29, 0.717) is 11.7 Å². The molecule has 128 valence electrons. The van der Waals surface area contributed by atoms with Gasteiger partial charge in [0.05, 0.1) is 0 Å². The third-order valence-corrected chi connectivity index (χ3v) is 5.93. The van der Waals surface area contributed by atoms with Gasteiger partial charge >= 0.3 is 0 Å². The minimum atomic E-state index is -2.21. The summed E-state index contributed by atoms with van der Waals surface area (Å²) in [6.45, 7) is 5.88. The van der Waals surface area contributed by atoms with Crippen LogP contribution in [0.2, 0.25) is 0 Å². The summed E-state index contributed by atoms with van der Waals surface area (Å²) in [5, 5.41) is 0. The average molecular weight is 342 g/mol. The van der Waals surface area contributed by atoms with Crippen molar-refractivity contribution in [3.63, 3.8) is 0 Å². The van der Waals surface area contributed by atoms with Gasteiger partial charge in [0.2, 0.25) is 5.52 Å². The molecule has 24 heavy (non-hydrogen) atoms. The lowest BCUT2D eigenvalue weighted by atomic mass is 10.0. The summed E-state index contributed by atoms with van der Waals surface area (Å²) in [7, 11) is -2.21. The SMILES string of the molecule is Cc1cc(C)c(C(=O)[PH](=O)CCCCCc2ccccc2)c(C)c1. The van der Waals surface area contributed by atoms with Crippen LogP contribution in [-0.4, -0.2) is 11.7 Å². The van der Waals surface area contributed by atoms with Gasteiger partial charge in [0, 0.05) is 11.7 Å². The monoisotopic (exact) mass is 342 g/mol. The third kappa shape index (κ3) is 5.18. The van der Waals surface area contributed by atoms with E-state index in [1.54, 1.807) is 0 Å². The molecule has 2 aromatic carbocycles. The normalized spacial score (nSPS) is 12.1. The molecule has 0 bridgehead atoms. The van der Waals surface area contributed by atoms with Gasteiger partial charge in [0.15, 0.2) is 0 Å². The van der Waals surface area contributed by atoms with Gasteiger partial charge in [-0.25, -0.2) is 0 Å². The lowest BCUT2D eigenvalue weighted by molar-refractivity contribution is 0.107. The Balaban J connectivity index is 1.81. The molecule has 0 aliphatic carbocycles. The number of carbonyl (C=O) groups excluding carboxylic acids is 1. The summed E-state index contributed by atoms with van der Waals surface area (Å²) >= 11 is 0. The average Bonchev–Trinajstić information content (AvgIpc) is 2.54. The molecular formula is C21H27O2P. The van der Waals surface area contributed by atoms with E-state index in [0.717, 1.165) is 42.4 Å². The van der Waals surface area contributed by atoms with Crippen molar-refractivity contribution in [3.8, 4) is 0 Å². The highest BCUT2D eigenvalue weighted by Gasteiger charge is 2.18. The maximum Gasteiger partial charge on any atom is 0.219 e. The predicted octanol–water partition coefficient (Wildman–Crippen LogP) is 5.72. The fourth-order valence-corrected chi connectivity index (χ4v) is 4.70. The Hall–Kier alpha value is -1.66. The number of aryl methyl sites for hydroxylation is 4. The first-order valence-corrected chi connectivity index (χ1v) is 10.3. The molecule has 0 aromatic heterocycles. The Kier molecular flexibility index (Phi) is 6.99. The van der Waals surface area contributed by atoms with Crippen molar-refractivity contribution in [1.82, 2.24) is 0 Å². The molecule has 0 saturated heterocycles. The summed E-state index contributed by atoms with van der Waals surface area (Å²) in [5.74, 6) is 0. The number of hydrogen-bond acceptors (Lipinski definition) is 2. The molecule has 0 heterocycles. The highest BCUT2D eigenvalue weighted by Crippen LogP contribution is 2.32. The Bertz CT molecular complexity index is 697. The van der Waals surface area contributed by atoms with Crippen molar-refractivity contribution in [2.75, 3.05) is 6.16 Å². The number of rotatable bonds is 8. The van der Waals surface area contributed by atoms with Crippen LogP contribution in [0, 0.1) is 20.8 Å². The van der Waals surface area contributed by atoms with Crippen LogP contribution in [0.15, 0.2) is 42.5 Å². The number of carbonyl (C=O) groups is 1.